The highest BCUT2D eigenvalue weighted by molar-refractivity contribution is 7.09. The molecule has 1 atom stereocenters. The molecule has 0 aliphatic carbocycles. The number of rotatable bonds is 6. The fraction of sp³-hybridized carbons (Fsp3) is 0.727. The smallest absolute Gasteiger partial charge is 0.0897 e. The molecule has 0 aliphatic rings. The molecule has 3 nitrogen and oxygen atoms in total. The summed E-state index contributed by atoms with van der Waals surface area (Å²) in [6.07, 6.45) is 1.000. The third kappa shape index (κ3) is 4.73. The lowest BCUT2D eigenvalue weighted by Crippen LogP contribution is -2.33. The fourth-order valence-corrected chi connectivity index (χ4v) is 2.14. The normalized spacial score (nSPS) is 13.4. The van der Waals surface area contributed by atoms with E-state index < -0.39 is 0 Å². The molecule has 1 heterocycles. The van der Waals surface area contributed by atoms with Gasteiger partial charge in [0, 0.05) is 18.0 Å². The Hall–Kier alpha value is -0.450. The molecule has 1 unspecified atom stereocenters. The summed E-state index contributed by atoms with van der Waals surface area (Å²) in [5, 5.41) is 15.7. The van der Waals surface area contributed by atoms with E-state index in [0.29, 0.717) is 5.92 Å². The zero-order valence-corrected chi connectivity index (χ0v) is 10.5. The molecule has 0 radical (unpaired) electrons. The Labute approximate surface area is 95.6 Å². The van der Waals surface area contributed by atoms with E-state index in [1.807, 2.05) is 6.92 Å². The number of aromatic nitrogens is 1. The quantitative estimate of drug-likeness (QED) is 0.782. The van der Waals surface area contributed by atoms with Crippen LogP contribution in [0.5, 0.6) is 0 Å². The van der Waals surface area contributed by atoms with Crippen LogP contribution in [0.2, 0.25) is 0 Å². The van der Waals surface area contributed by atoms with Gasteiger partial charge in [-0.3, -0.25) is 0 Å². The van der Waals surface area contributed by atoms with Crippen LogP contribution in [0.15, 0.2) is 5.38 Å². The Bertz CT molecular complexity index is 286. The first-order chi connectivity index (χ1) is 7.11. The van der Waals surface area contributed by atoms with Gasteiger partial charge in [0.2, 0.25) is 0 Å². The largest absolute Gasteiger partial charge is 0.395 e. The molecule has 2 N–H and O–H groups in total. The Morgan fingerprint density at radius 3 is 2.73 bits per heavy atom. The van der Waals surface area contributed by atoms with Crippen molar-refractivity contribution in [3.8, 4) is 0 Å². The summed E-state index contributed by atoms with van der Waals surface area (Å²) < 4.78 is 0. The molecule has 0 amide bonds. The van der Waals surface area contributed by atoms with Crippen LogP contribution in [0.3, 0.4) is 0 Å². The number of aryl methyl sites for hydroxylation is 1. The van der Waals surface area contributed by atoms with E-state index in [0.717, 1.165) is 23.7 Å². The van der Waals surface area contributed by atoms with Gasteiger partial charge in [-0.05, 0) is 19.3 Å². The Kier molecular flexibility index (Phi) is 5.22. The topological polar surface area (TPSA) is 45.2 Å². The highest BCUT2D eigenvalue weighted by atomic mass is 32.1. The van der Waals surface area contributed by atoms with E-state index in [1.165, 1.54) is 0 Å². The van der Waals surface area contributed by atoms with E-state index in [-0.39, 0.29) is 12.6 Å². The van der Waals surface area contributed by atoms with Crippen molar-refractivity contribution < 1.29 is 5.11 Å². The lowest BCUT2D eigenvalue weighted by Gasteiger charge is -2.17. The summed E-state index contributed by atoms with van der Waals surface area (Å²) in [6, 6.07) is 0.187. The van der Waals surface area contributed by atoms with Crippen molar-refractivity contribution in [2.24, 2.45) is 5.92 Å². The molecule has 86 valence electrons. The van der Waals surface area contributed by atoms with Crippen LogP contribution in [0, 0.1) is 12.8 Å². The molecule has 1 rings (SSSR count). The second kappa shape index (κ2) is 6.20. The van der Waals surface area contributed by atoms with Gasteiger partial charge in [-0.2, -0.15) is 0 Å². The van der Waals surface area contributed by atoms with E-state index >= 15 is 0 Å². The molecule has 4 heteroatoms. The Morgan fingerprint density at radius 1 is 1.53 bits per heavy atom. The lowest BCUT2D eigenvalue weighted by molar-refractivity contribution is 0.223. The number of aliphatic hydroxyl groups excluding tert-OH is 1. The van der Waals surface area contributed by atoms with Gasteiger partial charge in [0.25, 0.3) is 0 Å². The summed E-state index contributed by atoms with van der Waals surface area (Å²) in [6.45, 7) is 7.28. The maximum Gasteiger partial charge on any atom is 0.0897 e. The predicted molar refractivity (Wildman–Crippen MR) is 64.0 cm³/mol. The van der Waals surface area contributed by atoms with Gasteiger partial charge < -0.3 is 10.4 Å². The number of thiazole rings is 1. The molecule has 0 aromatic carbocycles. The standard InChI is InChI=1S/C11H20N2OS/c1-8(2)4-10(6-14)12-5-11-7-15-9(3)13-11/h7-8,10,12,14H,4-6H2,1-3H3. The first kappa shape index (κ1) is 12.6. The molecule has 1 aromatic rings. The lowest BCUT2D eigenvalue weighted by atomic mass is 10.0. The van der Waals surface area contributed by atoms with Crippen molar-refractivity contribution in [2.45, 2.75) is 39.8 Å². The molecule has 0 saturated carbocycles. The number of nitrogens with zero attached hydrogens (tertiary/aromatic N) is 1. The maximum absolute atomic E-state index is 9.18. The summed E-state index contributed by atoms with van der Waals surface area (Å²) >= 11 is 1.66. The number of hydrogen-bond acceptors (Lipinski definition) is 4. The minimum atomic E-state index is 0.187. The molecule has 0 aliphatic heterocycles. The monoisotopic (exact) mass is 228 g/mol. The van der Waals surface area contributed by atoms with Crippen LogP contribution in [0.4, 0.5) is 0 Å². The molecule has 1 aromatic heterocycles. The molecular weight excluding hydrogens is 208 g/mol. The number of hydrogen-bond donors (Lipinski definition) is 2. The predicted octanol–water partition coefficient (Wildman–Crippen LogP) is 1.95. The van der Waals surface area contributed by atoms with Crippen LogP contribution >= 0.6 is 11.3 Å². The number of aliphatic hydroxyl groups is 1. The number of nitrogens with one attached hydrogen (secondary N) is 1. The van der Waals surface area contributed by atoms with E-state index in [2.05, 4.69) is 29.5 Å². The summed E-state index contributed by atoms with van der Waals surface area (Å²) in [4.78, 5) is 4.37. The molecule has 15 heavy (non-hydrogen) atoms. The van der Waals surface area contributed by atoms with Crippen molar-refractivity contribution in [3.63, 3.8) is 0 Å². The van der Waals surface area contributed by atoms with Gasteiger partial charge in [0.05, 0.1) is 17.3 Å². The van der Waals surface area contributed by atoms with Gasteiger partial charge in [-0.15, -0.1) is 11.3 Å². The first-order valence-corrected chi connectivity index (χ1v) is 6.25. The Balaban J connectivity index is 2.34. The van der Waals surface area contributed by atoms with Crippen molar-refractivity contribution in [3.05, 3.63) is 16.1 Å². The van der Waals surface area contributed by atoms with E-state index in [1.54, 1.807) is 11.3 Å². The van der Waals surface area contributed by atoms with Crippen molar-refractivity contribution in [2.75, 3.05) is 6.61 Å². The zero-order chi connectivity index (χ0) is 11.3. The van der Waals surface area contributed by atoms with Crippen LogP contribution in [-0.2, 0) is 6.54 Å². The fourth-order valence-electron chi connectivity index (χ4n) is 1.53. The highest BCUT2D eigenvalue weighted by Gasteiger charge is 2.09. The minimum Gasteiger partial charge on any atom is -0.395 e. The van der Waals surface area contributed by atoms with Crippen molar-refractivity contribution in [1.29, 1.82) is 0 Å². The van der Waals surface area contributed by atoms with Crippen molar-refractivity contribution in [1.82, 2.24) is 10.3 Å². The van der Waals surface area contributed by atoms with Crippen LogP contribution in [0.25, 0.3) is 0 Å². The van der Waals surface area contributed by atoms with Gasteiger partial charge in [0.1, 0.15) is 0 Å². The van der Waals surface area contributed by atoms with Crippen molar-refractivity contribution >= 4 is 11.3 Å². The second-order valence-corrected chi connectivity index (χ2v) is 5.31. The van der Waals surface area contributed by atoms with Gasteiger partial charge in [0.15, 0.2) is 0 Å². The van der Waals surface area contributed by atoms with Crippen LogP contribution < -0.4 is 5.32 Å². The van der Waals surface area contributed by atoms with E-state index in [4.69, 9.17) is 0 Å². The van der Waals surface area contributed by atoms with Gasteiger partial charge >= 0.3 is 0 Å². The van der Waals surface area contributed by atoms with E-state index in [9.17, 15) is 5.11 Å². The molecular formula is C11H20N2OS. The summed E-state index contributed by atoms with van der Waals surface area (Å²) in [5.41, 5.74) is 1.07. The third-order valence-corrected chi connectivity index (χ3v) is 3.04. The van der Waals surface area contributed by atoms with Crippen LogP contribution in [0.1, 0.15) is 31.0 Å². The molecule has 0 bridgehead atoms. The average Bonchev–Trinajstić information content (AvgIpc) is 2.58. The second-order valence-electron chi connectivity index (χ2n) is 4.25. The first-order valence-electron chi connectivity index (χ1n) is 5.37. The summed E-state index contributed by atoms with van der Waals surface area (Å²) in [5.74, 6) is 0.604. The SMILES string of the molecule is Cc1nc(CNC(CO)CC(C)C)cs1. The third-order valence-electron chi connectivity index (χ3n) is 2.21. The molecule has 0 saturated heterocycles. The summed E-state index contributed by atoms with van der Waals surface area (Å²) in [7, 11) is 0. The molecule has 0 spiro atoms. The van der Waals surface area contributed by atoms with Gasteiger partial charge in [-0.1, -0.05) is 13.8 Å². The average molecular weight is 228 g/mol. The van der Waals surface area contributed by atoms with Crippen LogP contribution in [-0.4, -0.2) is 22.7 Å². The molecule has 0 fully saturated rings. The van der Waals surface area contributed by atoms with Gasteiger partial charge in [-0.25, -0.2) is 4.98 Å². The zero-order valence-electron chi connectivity index (χ0n) is 9.66. The minimum absolute atomic E-state index is 0.187. The Morgan fingerprint density at radius 2 is 2.27 bits per heavy atom. The highest BCUT2D eigenvalue weighted by Crippen LogP contribution is 2.09. The maximum atomic E-state index is 9.18.